The number of aromatic nitrogens is 2. The number of hydrogen-bond donors (Lipinski definition) is 2. The zero-order valence-corrected chi connectivity index (χ0v) is 9.86. The number of H-pyrrole nitrogens is 1. The smallest absolute Gasteiger partial charge is 0.341 e. The Balaban J connectivity index is 2.13. The van der Waals surface area contributed by atoms with Gasteiger partial charge in [0.2, 0.25) is 0 Å². The molecule has 2 aromatic rings. The second-order valence-corrected chi connectivity index (χ2v) is 4.13. The van der Waals surface area contributed by atoms with E-state index < -0.39 is 24.5 Å². The number of nitrogens with zero attached hydrogens (tertiary/aromatic N) is 1. The van der Waals surface area contributed by atoms with Crippen molar-refractivity contribution in [1.29, 1.82) is 0 Å². The first-order chi connectivity index (χ1) is 9.15. The van der Waals surface area contributed by atoms with Gasteiger partial charge < -0.3 is 10.3 Å². The average molecular weight is 297 g/mol. The zero-order chi connectivity index (χ0) is 15.0. The summed E-state index contributed by atoms with van der Waals surface area (Å²) in [6.07, 6.45) is -8.83. The summed E-state index contributed by atoms with van der Waals surface area (Å²) in [5, 5.41) is 2.11. The Labute approximate surface area is 109 Å². The topological polar surface area (TPSA) is 40.7 Å². The van der Waals surface area contributed by atoms with Crippen LogP contribution < -0.4 is 5.32 Å². The molecule has 0 atom stereocenters. The van der Waals surface area contributed by atoms with Crippen LogP contribution in [0.2, 0.25) is 0 Å². The van der Waals surface area contributed by atoms with Crippen LogP contribution in [-0.2, 0) is 12.7 Å². The van der Waals surface area contributed by atoms with Gasteiger partial charge in [-0.1, -0.05) is 0 Å². The number of fused-ring (bicyclic) bond motifs is 1. The van der Waals surface area contributed by atoms with Crippen molar-refractivity contribution in [3.05, 3.63) is 29.6 Å². The van der Waals surface area contributed by atoms with Gasteiger partial charge in [-0.15, -0.1) is 0 Å². The first kappa shape index (κ1) is 14.6. The fourth-order valence-electron chi connectivity index (χ4n) is 1.65. The van der Waals surface area contributed by atoms with Gasteiger partial charge in [0, 0.05) is 0 Å². The van der Waals surface area contributed by atoms with E-state index in [4.69, 9.17) is 0 Å². The summed E-state index contributed by atoms with van der Waals surface area (Å²) in [5.74, 6) is 0.142. The molecule has 1 aromatic heterocycles. The molecule has 0 bridgehead atoms. The molecule has 0 saturated carbocycles. The molecule has 110 valence electrons. The van der Waals surface area contributed by atoms with Gasteiger partial charge in [0.25, 0.3) is 0 Å². The van der Waals surface area contributed by atoms with Crippen LogP contribution >= 0.6 is 0 Å². The summed E-state index contributed by atoms with van der Waals surface area (Å²) < 4.78 is 73.2. The summed E-state index contributed by atoms with van der Waals surface area (Å²) in [6, 6.07) is 2.91. The Morgan fingerprint density at radius 1 is 1.10 bits per heavy atom. The lowest BCUT2D eigenvalue weighted by Gasteiger charge is -2.06. The van der Waals surface area contributed by atoms with E-state index in [2.05, 4.69) is 15.3 Å². The Morgan fingerprint density at radius 2 is 1.80 bits per heavy atom. The van der Waals surface area contributed by atoms with E-state index in [1.165, 1.54) is 6.07 Å². The van der Waals surface area contributed by atoms with Gasteiger partial charge in [-0.25, -0.2) is 4.98 Å². The molecule has 0 saturated heterocycles. The quantitative estimate of drug-likeness (QED) is 0.854. The fraction of sp³-hybridized carbons (Fsp3) is 0.364. The van der Waals surface area contributed by atoms with E-state index in [-0.39, 0.29) is 23.4 Å². The Kier molecular flexibility index (Phi) is 3.63. The monoisotopic (exact) mass is 297 g/mol. The van der Waals surface area contributed by atoms with Gasteiger partial charge in [0.05, 0.1) is 29.7 Å². The predicted molar refractivity (Wildman–Crippen MR) is 58.9 cm³/mol. The molecule has 20 heavy (non-hydrogen) atoms. The summed E-state index contributed by atoms with van der Waals surface area (Å²) >= 11 is 0. The largest absolute Gasteiger partial charge is 0.416 e. The third-order valence-corrected chi connectivity index (χ3v) is 2.48. The summed E-state index contributed by atoms with van der Waals surface area (Å²) in [7, 11) is 0. The number of aromatic amines is 1. The molecular formula is C11H9F6N3. The molecule has 0 unspecified atom stereocenters. The number of benzene rings is 1. The molecule has 0 spiro atoms. The van der Waals surface area contributed by atoms with Crippen molar-refractivity contribution in [2.45, 2.75) is 18.9 Å². The predicted octanol–water partition coefficient (Wildman–Crippen LogP) is 3.23. The first-order valence-electron chi connectivity index (χ1n) is 5.48. The van der Waals surface area contributed by atoms with Crippen molar-refractivity contribution < 1.29 is 26.3 Å². The van der Waals surface area contributed by atoms with Crippen LogP contribution in [0.4, 0.5) is 26.3 Å². The second kappa shape index (κ2) is 4.97. The highest BCUT2D eigenvalue weighted by Gasteiger charge is 2.30. The molecule has 2 rings (SSSR count). The molecule has 1 aromatic carbocycles. The van der Waals surface area contributed by atoms with Gasteiger partial charge in [-0.3, -0.25) is 0 Å². The maximum absolute atomic E-state index is 12.5. The lowest BCUT2D eigenvalue weighted by molar-refractivity contribution is -0.137. The number of hydrogen-bond acceptors (Lipinski definition) is 2. The van der Waals surface area contributed by atoms with E-state index in [1.54, 1.807) is 0 Å². The molecule has 0 aliphatic rings. The Bertz CT molecular complexity index is 598. The Hall–Kier alpha value is -1.77. The third-order valence-electron chi connectivity index (χ3n) is 2.48. The molecule has 0 aliphatic heterocycles. The first-order valence-corrected chi connectivity index (χ1v) is 5.48. The van der Waals surface area contributed by atoms with Gasteiger partial charge in [-0.2, -0.15) is 26.3 Å². The minimum absolute atomic E-state index is 0.128. The number of nitrogens with one attached hydrogen (secondary N) is 2. The lowest BCUT2D eigenvalue weighted by Crippen LogP contribution is -2.28. The van der Waals surface area contributed by atoms with E-state index in [0.717, 1.165) is 12.1 Å². The van der Waals surface area contributed by atoms with Crippen molar-refractivity contribution >= 4 is 11.0 Å². The standard InChI is InChI=1S/C11H9F6N3/c12-10(13,14)5-18-4-9-19-7-2-1-6(11(15,16)17)3-8(7)20-9/h1-3,18H,4-5H2,(H,19,20). The molecule has 0 aliphatic carbocycles. The number of imidazole rings is 1. The van der Waals surface area contributed by atoms with E-state index >= 15 is 0 Å². The van der Waals surface area contributed by atoms with Crippen molar-refractivity contribution in [3.63, 3.8) is 0 Å². The Morgan fingerprint density at radius 3 is 2.40 bits per heavy atom. The molecule has 0 fully saturated rings. The van der Waals surface area contributed by atoms with E-state index in [9.17, 15) is 26.3 Å². The molecule has 1 heterocycles. The van der Waals surface area contributed by atoms with Crippen molar-refractivity contribution in [2.75, 3.05) is 6.54 Å². The van der Waals surface area contributed by atoms with E-state index in [1.807, 2.05) is 0 Å². The number of rotatable bonds is 3. The normalized spacial score (nSPS) is 13.1. The van der Waals surface area contributed by atoms with Crippen LogP contribution in [-0.4, -0.2) is 22.7 Å². The minimum Gasteiger partial charge on any atom is -0.341 e. The molecule has 3 nitrogen and oxygen atoms in total. The van der Waals surface area contributed by atoms with Crippen LogP contribution in [0.5, 0.6) is 0 Å². The van der Waals surface area contributed by atoms with Gasteiger partial charge in [-0.05, 0) is 18.2 Å². The fourth-order valence-corrected chi connectivity index (χ4v) is 1.65. The number of halogens is 6. The molecule has 9 heteroatoms. The lowest BCUT2D eigenvalue weighted by atomic mass is 10.2. The highest BCUT2D eigenvalue weighted by molar-refractivity contribution is 5.76. The number of alkyl halides is 6. The van der Waals surface area contributed by atoms with Gasteiger partial charge in [0.1, 0.15) is 5.82 Å². The summed E-state index contributed by atoms with van der Waals surface area (Å²) in [5.41, 5.74) is -0.450. The average Bonchev–Trinajstić information content (AvgIpc) is 2.67. The third kappa shape index (κ3) is 3.62. The molecular weight excluding hydrogens is 288 g/mol. The van der Waals surface area contributed by atoms with Crippen LogP contribution in [0.25, 0.3) is 11.0 Å². The maximum Gasteiger partial charge on any atom is 0.416 e. The van der Waals surface area contributed by atoms with Crippen LogP contribution in [0.15, 0.2) is 18.2 Å². The highest BCUT2D eigenvalue weighted by atomic mass is 19.4. The van der Waals surface area contributed by atoms with Gasteiger partial charge >= 0.3 is 12.4 Å². The SMILES string of the molecule is FC(F)(F)CNCc1nc2ccc(C(F)(F)F)cc2[nH]1. The highest BCUT2D eigenvalue weighted by Crippen LogP contribution is 2.30. The molecule has 2 N–H and O–H groups in total. The van der Waals surface area contributed by atoms with Crippen LogP contribution in [0.3, 0.4) is 0 Å². The zero-order valence-electron chi connectivity index (χ0n) is 9.86. The maximum atomic E-state index is 12.5. The molecule has 0 radical (unpaired) electrons. The van der Waals surface area contributed by atoms with Gasteiger partial charge in [0.15, 0.2) is 0 Å². The van der Waals surface area contributed by atoms with E-state index in [0.29, 0.717) is 0 Å². The minimum atomic E-state index is -4.48. The summed E-state index contributed by atoms with van der Waals surface area (Å²) in [6.45, 7) is -1.41. The molecule has 0 amide bonds. The second-order valence-electron chi connectivity index (χ2n) is 4.13. The van der Waals surface area contributed by atoms with Crippen molar-refractivity contribution in [1.82, 2.24) is 15.3 Å². The summed E-state index contributed by atoms with van der Waals surface area (Å²) in [4.78, 5) is 6.46. The van der Waals surface area contributed by atoms with Crippen LogP contribution in [0, 0.1) is 0 Å². The van der Waals surface area contributed by atoms with Crippen molar-refractivity contribution in [3.8, 4) is 0 Å². The van der Waals surface area contributed by atoms with Crippen LogP contribution in [0.1, 0.15) is 11.4 Å². The van der Waals surface area contributed by atoms with Crippen molar-refractivity contribution in [2.24, 2.45) is 0 Å².